The molecule has 0 saturated carbocycles. The normalized spacial score (nSPS) is 12.7. The van der Waals surface area contributed by atoms with Gasteiger partial charge < -0.3 is 9.67 Å². The average molecular weight is 267 g/mol. The van der Waals surface area contributed by atoms with Gasteiger partial charge in [-0.3, -0.25) is 0 Å². The van der Waals surface area contributed by atoms with Crippen LogP contribution in [0.3, 0.4) is 0 Å². The summed E-state index contributed by atoms with van der Waals surface area (Å²) in [5, 5.41) is 10.1. The van der Waals surface area contributed by atoms with Crippen LogP contribution in [0.1, 0.15) is 17.5 Å². The fourth-order valence-electron chi connectivity index (χ4n) is 1.44. The number of hydrogen-bond acceptors (Lipinski definition) is 2. The van der Waals surface area contributed by atoms with E-state index < -0.39 is 6.10 Å². The molecule has 1 heterocycles. The number of aromatic nitrogens is 2. The van der Waals surface area contributed by atoms with Gasteiger partial charge in [0.25, 0.3) is 0 Å². The molecule has 1 aromatic heterocycles. The quantitative estimate of drug-likeness (QED) is 0.906. The van der Waals surface area contributed by atoms with Crippen LogP contribution in [0.2, 0.25) is 0 Å². The van der Waals surface area contributed by atoms with E-state index in [0.717, 1.165) is 10.2 Å². The molecule has 4 heteroatoms. The number of halogens is 1. The van der Waals surface area contributed by atoms with Gasteiger partial charge in [-0.25, -0.2) is 4.98 Å². The predicted molar refractivity (Wildman–Crippen MR) is 61.4 cm³/mol. The van der Waals surface area contributed by atoms with Crippen molar-refractivity contribution in [1.29, 1.82) is 0 Å². The molecule has 0 aliphatic rings. The van der Waals surface area contributed by atoms with Crippen LogP contribution in [0, 0.1) is 0 Å². The van der Waals surface area contributed by atoms with Crippen LogP contribution in [-0.2, 0) is 7.05 Å². The number of imidazole rings is 1. The van der Waals surface area contributed by atoms with Crippen LogP contribution in [0.25, 0.3) is 0 Å². The third-order valence-electron chi connectivity index (χ3n) is 2.33. The van der Waals surface area contributed by atoms with Crippen molar-refractivity contribution >= 4 is 15.9 Å². The minimum Gasteiger partial charge on any atom is -0.380 e. The van der Waals surface area contributed by atoms with Gasteiger partial charge in [-0.1, -0.05) is 30.3 Å². The monoisotopic (exact) mass is 266 g/mol. The van der Waals surface area contributed by atoms with Gasteiger partial charge in [-0.05, 0) is 21.5 Å². The maximum Gasteiger partial charge on any atom is 0.142 e. The molecular weight excluding hydrogens is 256 g/mol. The molecule has 0 saturated heterocycles. The molecule has 0 spiro atoms. The fourth-order valence-corrected chi connectivity index (χ4v) is 1.72. The van der Waals surface area contributed by atoms with Crippen molar-refractivity contribution in [3.8, 4) is 0 Å². The molecule has 1 atom stereocenters. The first-order chi connectivity index (χ1) is 7.20. The Hall–Kier alpha value is -1.13. The Morgan fingerprint density at radius 1 is 1.33 bits per heavy atom. The summed E-state index contributed by atoms with van der Waals surface area (Å²) in [5.41, 5.74) is 0.846. The van der Waals surface area contributed by atoms with E-state index in [1.807, 2.05) is 41.9 Å². The van der Waals surface area contributed by atoms with Crippen molar-refractivity contribution < 1.29 is 5.11 Å². The first kappa shape index (κ1) is 10.4. The van der Waals surface area contributed by atoms with Crippen LogP contribution in [0.5, 0.6) is 0 Å². The van der Waals surface area contributed by atoms with E-state index >= 15 is 0 Å². The second-order valence-corrected chi connectivity index (χ2v) is 4.12. The SMILES string of the molecule is Cn1c(Br)cnc1C(O)c1ccccc1. The van der Waals surface area contributed by atoms with Gasteiger partial charge in [-0.2, -0.15) is 0 Å². The van der Waals surface area contributed by atoms with Gasteiger partial charge in [0.05, 0.1) is 6.20 Å². The Labute approximate surface area is 96.5 Å². The maximum absolute atomic E-state index is 10.1. The zero-order valence-electron chi connectivity index (χ0n) is 8.26. The second kappa shape index (κ2) is 4.16. The third-order valence-corrected chi connectivity index (χ3v) is 3.06. The summed E-state index contributed by atoms with van der Waals surface area (Å²) < 4.78 is 2.67. The zero-order chi connectivity index (χ0) is 10.8. The second-order valence-electron chi connectivity index (χ2n) is 3.31. The minimum absolute atomic E-state index is 0.632. The lowest BCUT2D eigenvalue weighted by Crippen LogP contribution is -2.07. The van der Waals surface area contributed by atoms with Gasteiger partial charge in [0, 0.05) is 7.05 Å². The molecule has 0 amide bonds. The van der Waals surface area contributed by atoms with E-state index in [1.165, 1.54) is 0 Å². The highest BCUT2D eigenvalue weighted by molar-refractivity contribution is 9.10. The molecule has 0 aliphatic heterocycles. The molecule has 0 aliphatic carbocycles. The number of benzene rings is 1. The lowest BCUT2D eigenvalue weighted by molar-refractivity contribution is 0.206. The highest BCUT2D eigenvalue weighted by atomic mass is 79.9. The summed E-state index contributed by atoms with van der Waals surface area (Å²) in [6.07, 6.45) is 1.00. The number of aliphatic hydroxyl groups excluding tert-OH is 1. The van der Waals surface area contributed by atoms with Crippen molar-refractivity contribution in [2.24, 2.45) is 7.05 Å². The third kappa shape index (κ3) is 1.96. The van der Waals surface area contributed by atoms with E-state index in [9.17, 15) is 5.11 Å². The highest BCUT2D eigenvalue weighted by Crippen LogP contribution is 2.22. The Balaban J connectivity index is 2.37. The van der Waals surface area contributed by atoms with E-state index in [2.05, 4.69) is 20.9 Å². The van der Waals surface area contributed by atoms with Crippen LogP contribution in [0.4, 0.5) is 0 Å². The van der Waals surface area contributed by atoms with E-state index in [-0.39, 0.29) is 0 Å². The number of nitrogens with zero attached hydrogens (tertiary/aromatic N) is 2. The number of rotatable bonds is 2. The summed E-state index contributed by atoms with van der Waals surface area (Å²) >= 11 is 3.35. The van der Waals surface area contributed by atoms with E-state index in [0.29, 0.717) is 5.82 Å². The Bertz CT molecular complexity index is 453. The first-order valence-corrected chi connectivity index (χ1v) is 5.39. The van der Waals surface area contributed by atoms with Gasteiger partial charge in [0.2, 0.25) is 0 Å². The molecule has 0 radical (unpaired) electrons. The van der Waals surface area contributed by atoms with Crippen LogP contribution in [0.15, 0.2) is 41.1 Å². The molecule has 2 aromatic rings. The van der Waals surface area contributed by atoms with Crippen LogP contribution < -0.4 is 0 Å². The summed E-state index contributed by atoms with van der Waals surface area (Å²) in [4.78, 5) is 4.16. The molecule has 0 bridgehead atoms. The summed E-state index contributed by atoms with van der Waals surface area (Å²) in [7, 11) is 1.86. The van der Waals surface area contributed by atoms with Crippen LogP contribution >= 0.6 is 15.9 Å². The van der Waals surface area contributed by atoms with Crippen molar-refractivity contribution in [2.75, 3.05) is 0 Å². The molecule has 0 fully saturated rings. The minimum atomic E-state index is -0.678. The Morgan fingerprint density at radius 2 is 2.00 bits per heavy atom. The lowest BCUT2D eigenvalue weighted by Gasteiger charge is -2.10. The van der Waals surface area contributed by atoms with E-state index in [1.54, 1.807) is 6.20 Å². The lowest BCUT2D eigenvalue weighted by atomic mass is 10.1. The van der Waals surface area contributed by atoms with Crippen molar-refractivity contribution in [3.05, 3.63) is 52.5 Å². The topological polar surface area (TPSA) is 38.0 Å². The van der Waals surface area contributed by atoms with E-state index in [4.69, 9.17) is 0 Å². The molecule has 78 valence electrons. The molecule has 2 rings (SSSR count). The predicted octanol–water partition coefficient (Wildman–Crippen LogP) is 2.26. The number of aliphatic hydroxyl groups is 1. The highest BCUT2D eigenvalue weighted by Gasteiger charge is 2.15. The Morgan fingerprint density at radius 3 is 2.53 bits per heavy atom. The molecule has 15 heavy (non-hydrogen) atoms. The van der Waals surface area contributed by atoms with Crippen molar-refractivity contribution in [2.45, 2.75) is 6.10 Å². The van der Waals surface area contributed by atoms with Gasteiger partial charge in [0.15, 0.2) is 0 Å². The zero-order valence-corrected chi connectivity index (χ0v) is 9.85. The first-order valence-electron chi connectivity index (χ1n) is 4.60. The maximum atomic E-state index is 10.1. The average Bonchev–Trinajstić information content (AvgIpc) is 2.60. The van der Waals surface area contributed by atoms with Crippen LogP contribution in [-0.4, -0.2) is 14.7 Å². The van der Waals surface area contributed by atoms with Gasteiger partial charge in [-0.15, -0.1) is 0 Å². The molecule has 1 N–H and O–H groups in total. The molecule has 1 unspecified atom stereocenters. The molecule has 3 nitrogen and oxygen atoms in total. The fraction of sp³-hybridized carbons (Fsp3) is 0.182. The summed E-state index contributed by atoms with van der Waals surface area (Å²) in [6.45, 7) is 0. The van der Waals surface area contributed by atoms with Gasteiger partial charge in [0.1, 0.15) is 16.5 Å². The number of hydrogen-bond donors (Lipinski definition) is 1. The smallest absolute Gasteiger partial charge is 0.142 e. The van der Waals surface area contributed by atoms with Gasteiger partial charge >= 0.3 is 0 Å². The van der Waals surface area contributed by atoms with Crippen molar-refractivity contribution in [3.63, 3.8) is 0 Å². The largest absolute Gasteiger partial charge is 0.380 e. The van der Waals surface area contributed by atoms with Crippen molar-refractivity contribution in [1.82, 2.24) is 9.55 Å². The summed E-state index contributed by atoms with van der Waals surface area (Å²) in [6, 6.07) is 9.48. The summed E-state index contributed by atoms with van der Waals surface area (Å²) in [5.74, 6) is 0.632. The molecular formula is C11H11BrN2O. The standard InChI is InChI=1S/C11H11BrN2O/c1-14-9(12)7-13-11(14)10(15)8-5-3-2-4-6-8/h2-7,10,15H,1H3. The Kier molecular flexibility index (Phi) is 2.88. The molecule has 1 aromatic carbocycles.